The minimum Gasteiger partial charge on any atom is -0.423 e. The second-order valence-electron chi connectivity index (χ2n) is 7.58. The minimum absolute atomic E-state index is 0.0348. The number of esters is 1. The largest absolute Gasteiger partial charge is 0.423 e. The van der Waals surface area contributed by atoms with Crippen LogP contribution >= 0.6 is 12.2 Å². The van der Waals surface area contributed by atoms with Crippen LogP contribution in [-0.4, -0.2) is 23.0 Å². The summed E-state index contributed by atoms with van der Waals surface area (Å²) in [6.45, 7) is 6.38. The van der Waals surface area contributed by atoms with E-state index >= 15 is 0 Å². The van der Waals surface area contributed by atoms with Gasteiger partial charge in [0, 0.05) is 6.42 Å². The Morgan fingerprint density at radius 2 is 1.70 bits per heavy atom. The number of nitrogens with one attached hydrogen (secondary N) is 2. The molecule has 1 atom stereocenters. The molecule has 3 rings (SSSR count). The third-order valence-electron chi connectivity index (χ3n) is 4.42. The first-order valence-electron chi connectivity index (χ1n) is 8.75. The van der Waals surface area contributed by atoms with Crippen LogP contribution in [0.15, 0.2) is 48.5 Å². The standard InChI is InChI=1S/C21H22N2O3S/c1-21(2,3)15-8-6-14(7-9-15)19(25)26-16-10-4-13(5-11-16)12-17-18(24)23-20(27)22-17/h4-11,17H,12H2,1-3H3,(H2,22,23,24,27). The summed E-state index contributed by atoms with van der Waals surface area (Å²) < 4.78 is 5.43. The van der Waals surface area contributed by atoms with Gasteiger partial charge in [0.2, 0.25) is 5.91 Å². The van der Waals surface area contributed by atoms with Crippen LogP contribution in [0.1, 0.15) is 42.3 Å². The van der Waals surface area contributed by atoms with Crippen molar-refractivity contribution in [2.75, 3.05) is 0 Å². The molecule has 2 aromatic carbocycles. The number of amides is 1. The summed E-state index contributed by atoms with van der Waals surface area (Å²) >= 11 is 4.93. The summed E-state index contributed by atoms with van der Waals surface area (Å²) in [5.41, 5.74) is 2.65. The van der Waals surface area contributed by atoms with Crippen molar-refractivity contribution in [3.05, 3.63) is 65.2 Å². The SMILES string of the molecule is CC(C)(C)c1ccc(C(=O)Oc2ccc(CC3NC(=S)NC3=O)cc2)cc1. The highest BCUT2D eigenvalue weighted by atomic mass is 32.1. The van der Waals surface area contributed by atoms with Gasteiger partial charge in [-0.2, -0.15) is 0 Å². The lowest BCUT2D eigenvalue weighted by atomic mass is 9.87. The van der Waals surface area contributed by atoms with Gasteiger partial charge in [0.05, 0.1) is 5.56 Å². The average molecular weight is 382 g/mol. The van der Waals surface area contributed by atoms with Crippen LogP contribution in [0, 0.1) is 0 Å². The molecule has 27 heavy (non-hydrogen) atoms. The molecular weight excluding hydrogens is 360 g/mol. The maximum Gasteiger partial charge on any atom is 0.343 e. The first-order valence-corrected chi connectivity index (χ1v) is 9.16. The number of hydrogen-bond donors (Lipinski definition) is 2. The van der Waals surface area contributed by atoms with E-state index in [0.717, 1.165) is 11.1 Å². The number of carbonyl (C=O) groups excluding carboxylic acids is 2. The van der Waals surface area contributed by atoms with Gasteiger partial charge in [0.1, 0.15) is 11.8 Å². The molecule has 1 unspecified atom stereocenters. The Hall–Kier alpha value is -2.73. The number of benzene rings is 2. The van der Waals surface area contributed by atoms with Gasteiger partial charge in [-0.05, 0) is 53.0 Å². The molecule has 0 spiro atoms. The molecule has 140 valence electrons. The molecule has 1 aliphatic rings. The van der Waals surface area contributed by atoms with Crippen molar-refractivity contribution in [3.63, 3.8) is 0 Å². The van der Waals surface area contributed by atoms with E-state index in [0.29, 0.717) is 22.8 Å². The van der Waals surface area contributed by atoms with Crippen molar-refractivity contribution in [2.45, 2.75) is 38.6 Å². The summed E-state index contributed by atoms with van der Waals surface area (Å²) in [4.78, 5) is 24.0. The second-order valence-corrected chi connectivity index (χ2v) is 7.99. The Morgan fingerprint density at radius 1 is 1.07 bits per heavy atom. The van der Waals surface area contributed by atoms with E-state index in [-0.39, 0.29) is 17.4 Å². The maximum atomic E-state index is 12.3. The Morgan fingerprint density at radius 3 is 2.22 bits per heavy atom. The summed E-state index contributed by atoms with van der Waals surface area (Å²) in [6.07, 6.45) is 0.508. The molecule has 1 amide bonds. The fourth-order valence-corrected chi connectivity index (χ4v) is 3.05. The summed E-state index contributed by atoms with van der Waals surface area (Å²) in [5, 5.41) is 5.84. The Balaban J connectivity index is 1.61. The monoisotopic (exact) mass is 382 g/mol. The van der Waals surface area contributed by atoms with Crippen LogP contribution < -0.4 is 15.4 Å². The predicted octanol–water partition coefficient (Wildman–Crippen LogP) is 3.12. The molecule has 0 aromatic heterocycles. The van der Waals surface area contributed by atoms with E-state index in [1.807, 2.05) is 24.3 Å². The van der Waals surface area contributed by atoms with Gasteiger partial charge < -0.3 is 15.4 Å². The highest BCUT2D eigenvalue weighted by Crippen LogP contribution is 2.23. The number of rotatable bonds is 4. The third-order valence-corrected chi connectivity index (χ3v) is 4.64. The van der Waals surface area contributed by atoms with E-state index < -0.39 is 5.97 Å². The van der Waals surface area contributed by atoms with Gasteiger partial charge in [-0.1, -0.05) is 45.0 Å². The number of carbonyl (C=O) groups is 2. The number of ether oxygens (including phenoxy) is 1. The quantitative estimate of drug-likeness (QED) is 0.483. The molecular formula is C21H22N2O3S. The zero-order valence-electron chi connectivity index (χ0n) is 15.5. The summed E-state index contributed by atoms with van der Waals surface area (Å²) in [7, 11) is 0. The van der Waals surface area contributed by atoms with Crippen molar-refractivity contribution in [1.82, 2.24) is 10.6 Å². The Labute approximate surface area is 164 Å². The number of thiocarbonyl (C=S) groups is 1. The topological polar surface area (TPSA) is 67.4 Å². The molecule has 1 fully saturated rings. The second kappa shape index (κ2) is 7.48. The lowest BCUT2D eigenvalue weighted by Gasteiger charge is -2.18. The first kappa shape index (κ1) is 19.0. The molecule has 2 N–H and O–H groups in total. The van der Waals surface area contributed by atoms with Crippen LogP contribution in [0.5, 0.6) is 5.75 Å². The van der Waals surface area contributed by atoms with E-state index in [9.17, 15) is 9.59 Å². The summed E-state index contributed by atoms with van der Waals surface area (Å²) in [5.74, 6) is -0.0670. The highest BCUT2D eigenvalue weighted by molar-refractivity contribution is 7.80. The first-order chi connectivity index (χ1) is 12.7. The van der Waals surface area contributed by atoms with Gasteiger partial charge in [0.15, 0.2) is 5.11 Å². The molecule has 6 heteroatoms. The molecule has 1 saturated heterocycles. The van der Waals surface area contributed by atoms with E-state index in [1.54, 1.807) is 24.3 Å². The molecule has 5 nitrogen and oxygen atoms in total. The van der Waals surface area contributed by atoms with Crippen molar-refractivity contribution in [2.24, 2.45) is 0 Å². The fourth-order valence-electron chi connectivity index (χ4n) is 2.80. The van der Waals surface area contributed by atoms with Gasteiger partial charge in [0.25, 0.3) is 0 Å². The highest BCUT2D eigenvalue weighted by Gasteiger charge is 2.27. The molecule has 1 aliphatic heterocycles. The van der Waals surface area contributed by atoms with Crippen LogP contribution in [0.3, 0.4) is 0 Å². The normalized spacial score (nSPS) is 16.6. The van der Waals surface area contributed by atoms with Crippen LogP contribution in [-0.2, 0) is 16.6 Å². The van der Waals surface area contributed by atoms with Crippen molar-refractivity contribution in [3.8, 4) is 5.75 Å². The number of hydrogen-bond acceptors (Lipinski definition) is 4. The molecule has 0 saturated carbocycles. The lowest BCUT2D eigenvalue weighted by molar-refractivity contribution is -0.120. The van der Waals surface area contributed by atoms with Gasteiger partial charge in [-0.25, -0.2) is 4.79 Å². The third kappa shape index (κ3) is 4.71. The maximum absolute atomic E-state index is 12.3. The smallest absolute Gasteiger partial charge is 0.343 e. The van der Waals surface area contributed by atoms with Crippen molar-refractivity contribution < 1.29 is 14.3 Å². The Bertz CT molecular complexity index is 868. The van der Waals surface area contributed by atoms with E-state index in [4.69, 9.17) is 17.0 Å². The zero-order valence-corrected chi connectivity index (χ0v) is 16.4. The zero-order chi connectivity index (χ0) is 19.6. The lowest BCUT2D eigenvalue weighted by Crippen LogP contribution is -2.30. The Kier molecular flexibility index (Phi) is 5.28. The minimum atomic E-state index is -0.398. The van der Waals surface area contributed by atoms with Crippen LogP contribution in [0.25, 0.3) is 0 Å². The van der Waals surface area contributed by atoms with Crippen LogP contribution in [0.2, 0.25) is 0 Å². The molecule has 1 heterocycles. The predicted molar refractivity (Wildman–Crippen MR) is 108 cm³/mol. The summed E-state index contributed by atoms with van der Waals surface area (Å²) in [6, 6.07) is 14.2. The molecule has 0 aliphatic carbocycles. The van der Waals surface area contributed by atoms with Crippen LogP contribution in [0.4, 0.5) is 0 Å². The van der Waals surface area contributed by atoms with E-state index in [1.165, 1.54) is 0 Å². The van der Waals surface area contributed by atoms with Gasteiger partial charge in [-0.15, -0.1) is 0 Å². The van der Waals surface area contributed by atoms with Gasteiger partial charge >= 0.3 is 5.97 Å². The average Bonchev–Trinajstić information content (AvgIpc) is 2.93. The van der Waals surface area contributed by atoms with Gasteiger partial charge in [-0.3, -0.25) is 4.79 Å². The molecule has 2 aromatic rings. The van der Waals surface area contributed by atoms with E-state index in [2.05, 4.69) is 31.4 Å². The molecule has 0 bridgehead atoms. The fraction of sp³-hybridized carbons (Fsp3) is 0.286. The van der Waals surface area contributed by atoms with Crippen molar-refractivity contribution in [1.29, 1.82) is 0 Å². The van der Waals surface area contributed by atoms with Crippen molar-refractivity contribution >= 4 is 29.2 Å². The molecule has 0 radical (unpaired) electrons.